The predicted octanol–water partition coefficient (Wildman–Crippen LogP) is 0.819. The van der Waals surface area contributed by atoms with Crippen molar-refractivity contribution in [1.29, 1.82) is 0 Å². The van der Waals surface area contributed by atoms with Crippen LogP contribution in [0.3, 0.4) is 0 Å². The first-order valence-corrected chi connectivity index (χ1v) is 8.06. The molecule has 1 aromatic rings. The first-order chi connectivity index (χ1) is 11.1. The third-order valence-electron chi connectivity index (χ3n) is 4.74. The zero-order valence-electron chi connectivity index (χ0n) is 13.3. The first-order valence-electron chi connectivity index (χ1n) is 8.06. The molecule has 0 spiro atoms. The van der Waals surface area contributed by atoms with E-state index in [0.717, 1.165) is 6.42 Å². The van der Waals surface area contributed by atoms with Gasteiger partial charge in [-0.25, -0.2) is 4.39 Å². The van der Waals surface area contributed by atoms with Crippen LogP contribution < -0.4 is 5.32 Å². The van der Waals surface area contributed by atoms with Crippen molar-refractivity contribution >= 4 is 11.8 Å². The van der Waals surface area contributed by atoms with E-state index >= 15 is 0 Å². The van der Waals surface area contributed by atoms with Gasteiger partial charge in [-0.2, -0.15) is 0 Å². The van der Waals surface area contributed by atoms with Gasteiger partial charge in [0.2, 0.25) is 11.8 Å². The molecule has 1 saturated heterocycles. The molecule has 0 radical (unpaired) electrons. The maximum Gasteiger partial charge on any atom is 0.233 e. The fourth-order valence-electron chi connectivity index (χ4n) is 3.23. The van der Waals surface area contributed by atoms with E-state index in [2.05, 4.69) is 5.32 Å². The third-order valence-corrected chi connectivity index (χ3v) is 4.74. The van der Waals surface area contributed by atoms with Gasteiger partial charge in [0.1, 0.15) is 5.82 Å². The number of halogens is 1. The SMILES string of the molecule is CNC(=O)CN1CCN(C(=O)C2CC2c2ccccc2F)CC1. The Morgan fingerprint density at radius 1 is 1.22 bits per heavy atom. The Morgan fingerprint density at radius 2 is 1.91 bits per heavy atom. The Labute approximate surface area is 135 Å². The molecule has 2 amide bonds. The highest BCUT2D eigenvalue weighted by atomic mass is 19.1. The molecule has 1 saturated carbocycles. The van der Waals surface area contributed by atoms with E-state index in [1.54, 1.807) is 19.2 Å². The summed E-state index contributed by atoms with van der Waals surface area (Å²) in [4.78, 5) is 27.8. The van der Waals surface area contributed by atoms with Crippen LogP contribution in [0.25, 0.3) is 0 Å². The number of benzene rings is 1. The van der Waals surface area contributed by atoms with Crippen LogP contribution in [0, 0.1) is 11.7 Å². The fraction of sp³-hybridized carbons (Fsp3) is 0.529. The summed E-state index contributed by atoms with van der Waals surface area (Å²) in [6.45, 7) is 3.05. The number of rotatable bonds is 4. The maximum atomic E-state index is 13.8. The van der Waals surface area contributed by atoms with Gasteiger partial charge in [-0.05, 0) is 24.0 Å². The van der Waals surface area contributed by atoms with Crippen molar-refractivity contribution in [2.45, 2.75) is 12.3 Å². The topological polar surface area (TPSA) is 52.7 Å². The minimum atomic E-state index is -0.219. The molecule has 23 heavy (non-hydrogen) atoms. The molecular formula is C17H22FN3O2. The molecule has 2 aliphatic rings. The van der Waals surface area contributed by atoms with Crippen LogP contribution in [0.15, 0.2) is 24.3 Å². The largest absolute Gasteiger partial charge is 0.358 e. The van der Waals surface area contributed by atoms with Crippen LogP contribution in [0.1, 0.15) is 17.9 Å². The van der Waals surface area contributed by atoms with Crippen LogP contribution in [-0.2, 0) is 9.59 Å². The van der Waals surface area contributed by atoms with Gasteiger partial charge in [-0.3, -0.25) is 14.5 Å². The molecule has 0 aromatic heterocycles. The molecule has 5 nitrogen and oxygen atoms in total. The predicted molar refractivity (Wildman–Crippen MR) is 84.3 cm³/mol. The molecule has 6 heteroatoms. The Morgan fingerprint density at radius 3 is 2.57 bits per heavy atom. The van der Waals surface area contributed by atoms with Crippen molar-refractivity contribution in [2.75, 3.05) is 39.8 Å². The van der Waals surface area contributed by atoms with E-state index in [4.69, 9.17) is 0 Å². The second-order valence-corrected chi connectivity index (χ2v) is 6.24. The van der Waals surface area contributed by atoms with Crippen LogP contribution in [0.4, 0.5) is 4.39 Å². The highest BCUT2D eigenvalue weighted by molar-refractivity contribution is 5.83. The lowest BCUT2D eigenvalue weighted by atomic mass is 10.1. The average Bonchev–Trinajstić information content (AvgIpc) is 3.35. The second kappa shape index (κ2) is 6.66. The van der Waals surface area contributed by atoms with Crippen LogP contribution in [-0.4, -0.2) is 61.4 Å². The quantitative estimate of drug-likeness (QED) is 0.894. The highest BCUT2D eigenvalue weighted by Crippen LogP contribution is 2.49. The van der Waals surface area contributed by atoms with Crippen molar-refractivity contribution in [3.05, 3.63) is 35.6 Å². The van der Waals surface area contributed by atoms with Gasteiger partial charge >= 0.3 is 0 Å². The number of hydrogen-bond donors (Lipinski definition) is 1. The summed E-state index contributed by atoms with van der Waals surface area (Å²) in [5.41, 5.74) is 0.657. The van der Waals surface area contributed by atoms with Crippen molar-refractivity contribution < 1.29 is 14.0 Å². The number of nitrogens with zero attached hydrogens (tertiary/aromatic N) is 2. The summed E-state index contributed by atoms with van der Waals surface area (Å²) in [5.74, 6) is -0.169. The second-order valence-electron chi connectivity index (χ2n) is 6.24. The Bertz CT molecular complexity index is 599. The Hall–Kier alpha value is -1.95. The van der Waals surface area contributed by atoms with Crippen LogP contribution in [0.5, 0.6) is 0 Å². The van der Waals surface area contributed by atoms with Crippen molar-refractivity contribution in [2.24, 2.45) is 5.92 Å². The van der Waals surface area contributed by atoms with E-state index < -0.39 is 0 Å². The van der Waals surface area contributed by atoms with E-state index in [0.29, 0.717) is 38.3 Å². The van der Waals surface area contributed by atoms with Crippen molar-refractivity contribution in [3.63, 3.8) is 0 Å². The van der Waals surface area contributed by atoms with Gasteiger partial charge in [-0.1, -0.05) is 18.2 Å². The normalized spacial score (nSPS) is 24.3. The monoisotopic (exact) mass is 319 g/mol. The van der Waals surface area contributed by atoms with E-state index in [9.17, 15) is 14.0 Å². The molecule has 1 aliphatic carbocycles. The van der Waals surface area contributed by atoms with Crippen molar-refractivity contribution in [3.8, 4) is 0 Å². The fourth-order valence-corrected chi connectivity index (χ4v) is 3.23. The number of piperazine rings is 1. The van der Waals surface area contributed by atoms with E-state index in [-0.39, 0.29) is 29.5 Å². The van der Waals surface area contributed by atoms with Crippen LogP contribution in [0.2, 0.25) is 0 Å². The smallest absolute Gasteiger partial charge is 0.233 e. The zero-order valence-corrected chi connectivity index (χ0v) is 13.3. The summed E-state index contributed by atoms with van der Waals surface area (Å²) >= 11 is 0. The zero-order chi connectivity index (χ0) is 16.4. The molecule has 1 N–H and O–H groups in total. The number of hydrogen-bond acceptors (Lipinski definition) is 3. The van der Waals surface area contributed by atoms with E-state index in [1.807, 2.05) is 15.9 Å². The summed E-state index contributed by atoms with van der Waals surface area (Å²) in [7, 11) is 1.62. The third kappa shape index (κ3) is 3.52. The van der Waals surface area contributed by atoms with E-state index in [1.165, 1.54) is 6.07 Å². The Balaban J connectivity index is 1.51. The minimum Gasteiger partial charge on any atom is -0.358 e. The molecule has 3 rings (SSSR count). The molecule has 2 fully saturated rings. The molecule has 1 aliphatic heterocycles. The summed E-state index contributed by atoms with van der Waals surface area (Å²) in [6.07, 6.45) is 0.734. The van der Waals surface area contributed by atoms with Gasteiger partial charge in [0.05, 0.1) is 6.54 Å². The molecule has 1 aromatic carbocycles. The summed E-state index contributed by atoms with van der Waals surface area (Å²) in [6, 6.07) is 6.71. The number of likely N-dealkylation sites (N-methyl/N-ethyl adjacent to an activating group) is 1. The molecule has 0 bridgehead atoms. The minimum absolute atomic E-state index is 0.00779. The lowest BCUT2D eigenvalue weighted by Gasteiger charge is -2.34. The molecule has 124 valence electrons. The first kappa shape index (κ1) is 15.9. The van der Waals surface area contributed by atoms with Gasteiger partial charge in [0, 0.05) is 39.1 Å². The Kier molecular flexibility index (Phi) is 4.61. The summed E-state index contributed by atoms with van der Waals surface area (Å²) < 4.78 is 13.8. The number of amides is 2. The van der Waals surface area contributed by atoms with Crippen LogP contribution >= 0.6 is 0 Å². The average molecular weight is 319 g/mol. The molecule has 1 heterocycles. The standard InChI is InChI=1S/C17H22FN3O2/c1-19-16(22)11-20-6-8-21(9-7-20)17(23)14-10-13(14)12-4-2-3-5-15(12)18/h2-5,13-14H,6-11H2,1H3,(H,19,22). The van der Waals surface area contributed by atoms with Crippen molar-refractivity contribution in [1.82, 2.24) is 15.1 Å². The van der Waals surface area contributed by atoms with Gasteiger partial charge in [-0.15, -0.1) is 0 Å². The number of carbonyl (C=O) groups excluding carboxylic acids is 2. The highest BCUT2D eigenvalue weighted by Gasteiger charge is 2.47. The lowest BCUT2D eigenvalue weighted by molar-refractivity contribution is -0.134. The van der Waals surface area contributed by atoms with Gasteiger partial charge in [0.25, 0.3) is 0 Å². The van der Waals surface area contributed by atoms with Gasteiger partial charge in [0.15, 0.2) is 0 Å². The molecule has 2 atom stereocenters. The number of carbonyl (C=O) groups is 2. The summed E-state index contributed by atoms with van der Waals surface area (Å²) in [5, 5.41) is 2.61. The molecule has 2 unspecified atom stereocenters. The molecular weight excluding hydrogens is 297 g/mol. The van der Waals surface area contributed by atoms with Gasteiger partial charge < -0.3 is 10.2 Å². The lowest BCUT2D eigenvalue weighted by Crippen LogP contribution is -2.51. The number of nitrogens with one attached hydrogen (secondary N) is 1. The maximum absolute atomic E-state index is 13.8.